The molecular weight excluding hydrogens is 431 g/mol. The highest BCUT2D eigenvalue weighted by molar-refractivity contribution is 5.95. The van der Waals surface area contributed by atoms with Crippen LogP contribution in [0.5, 0.6) is 0 Å². The van der Waals surface area contributed by atoms with Crippen LogP contribution in [0.3, 0.4) is 0 Å². The summed E-state index contributed by atoms with van der Waals surface area (Å²) in [6.07, 6.45) is 4.20. The first-order valence-electron chi connectivity index (χ1n) is 9.84. The van der Waals surface area contributed by atoms with Gasteiger partial charge in [-0.3, -0.25) is 9.78 Å². The van der Waals surface area contributed by atoms with Crippen LogP contribution in [0.15, 0.2) is 73.1 Å². The number of benzene rings is 2. The first-order valence-corrected chi connectivity index (χ1v) is 9.84. The number of carbonyl (C=O) groups excluding carboxylic acids is 1. The van der Waals surface area contributed by atoms with Crippen molar-refractivity contribution < 1.29 is 4.79 Å². The summed E-state index contributed by atoms with van der Waals surface area (Å²) >= 11 is 0. The van der Waals surface area contributed by atoms with Crippen LogP contribution >= 0.6 is 24.8 Å². The number of carbonyl (C=O) groups is 1. The summed E-state index contributed by atoms with van der Waals surface area (Å²) in [5.74, 6) is -0.0263. The lowest BCUT2D eigenvalue weighted by Crippen LogP contribution is -2.32. The smallest absolute Gasteiger partial charge is 0.255 e. The quantitative estimate of drug-likeness (QED) is 0.531. The van der Waals surface area contributed by atoms with Crippen molar-refractivity contribution in [3.8, 4) is 11.1 Å². The van der Waals surface area contributed by atoms with E-state index < -0.39 is 0 Å². The molecule has 0 atom stereocenters. The van der Waals surface area contributed by atoms with Gasteiger partial charge in [-0.05, 0) is 42.3 Å². The molecular formula is C24H30Cl2N4O. The largest absolute Gasteiger partial charge is 0.378 e. The first-order chi connectivity index (χ1) is 14.1. The summed E-state index contributed by atoms with van der Waals surface area (Å²) in [7, 11) is 4.02. The van der Waals surface area contributed by atoms with E-state index in [9.17, 15) is 4.79 Å². The van der Waals surface area contributed by atoms with Crippen molar-refractivity contribution >= 4 is 36.4 Å². The van der Waals surface area contributed by atoms with Crippen molar-refractivity contribution in [1.29, 1.82) is 0 Å². The molecule has 0 bridgehead atoms. The minimum atomic E-state index is -0.0263. The molecule has 3 rings (SSSR count). The normalized spacial score (nSPS) is 9.90. The number of anilines is 1. The Labute approximate surface area is 197 Å². The fraction of sp³-hybridized carbons (Fsp3) is 0.250. The molecule has 0 radical (unpaired) electrons. The van der Waals surface area contributed by atoms with E-state index in [1.54, 1.807) is 12.4 Å². The molecule has 5 nitrogen and oxygen atoms in total. The molecule has 0 aliphatic carbocycles. The molecule has 0 aliphatic heterocycles. The van der Waals surface area contributed by atoms with Gasteiger partial charge < -0.3 is 15.5 Å². The molecule has 0 saturated carbocycles. The van der Waals surface area contributed by atoms with Gasteiger partial charge in [0.2, 0.25) is 0 Å². The predicted octanol–water partition coefficient (Wildman–Crippen LogP) is 4.65. The molecule has 31 heavy (non-hydrogen) atoms. The Hall–Kier alpha value is -2.60. The summed E-state index contributed by atoms with van der Waals surface area (Å²) in [6, 6.07) is 20.2. The molecule has 3 aromatic rings. The van der Waals surface area contributed by atoms with E-state index >= 15 is 0 Å². The second-order valence-electron chi connectivity index (χ2n) is 7.26. The minimum Gasteiger partial charge on any atom is -0.378 e. The van der Waals surface area contributed by atoms with Crippen molar-refractivity contribution in [1.82, 2.24) is 9.88 Å². The molecule has 0 saturated heterocycles. The summed E-state index contributed by atoms with van der Waals surface area (Å²) in [5.41, 5.74) is 10.5. The topological polar surface area (TPSA) is 62.5 Å². The fourth-order valence-corrected chi connectivity index (χ4v) is 3.19. The van der Waals surface area contributed by atoms with Crippen LogP contribution in [0.2, 0.25) is 0 Å². The number of halogens is 2. The van der Waals surface area contributed by atoms with Gasteiger partial charge in [0.05, 0.1) is 5.56 Å². The monoisotopic (exact) mass is 460 g/mol. The van der Waals surface area contributed by atoms with Crippen molar-refractivity contribution in [2.45, 2.75) is 13.0 Å². The predicted molar refractivity (Wildman–Crippen MR) is 133 cm³/mol. The minimum absolute atomic E-state index is 0. The van der Waals surface area contributed by atoms with E-state index in [4.69, 9.17) is 5.73 Å². The average molecular weight is 461 g/mol. The second kappa shape index (κ2) is 13.0. The number of rotatable bonds is 8. The van der Waals surface area contributed by atoms with Gasteiger partial charge in [-0.2, -0.15) is 0 Å². The van der Waals surface area contributed by atoms with Crippen LogP contribution in [0, 0.1) is 0 Å². The van der Waals surface area contributed by atoms with E-state index in [0.717, 1.165) is 28.8 Å². The Kier molecular flexibility index (Phi) is 11.0. The number of hydrogen-bond donors (Lipinski definition) is 1. The van der Waals surface area contributed by atoms with Gasteiger partial charge in [-0.1, -0.05) is 42.5 Å². The molecule has 1 amide bonds. The van der Waals surface area contributed by atoms with Gasteiger partial charge >= 0.3 is 0 Å². The Morgan fingerprint density at radius 1 is 0.935 bits per heavy atom. The standard InChI is InChI=1S/C24H28N4O.2ClH/c1-27(2)23-11-9-20(10-12-23)21-15-22(17-26-16-21)24(29)28(14-6-13-25)18-19-7-4-3-5-8-19;;/h3-5,7-12,15-17H,6,13-14,18,25H2,1-2H3;2*1H. The zero-order chi connectivity index (χ0) is 20.6. The summed E-state index contributed by atoms with van der Waals surface area (Å²) in [4.78, 5) is 21.4. The third-order valence-electron chi connectivity index (χ3n) is 4.84. The second-order valence-corrected chi connectivity index (χ2v) is 7.26. The van der Waals surface area contributed by atoms with Crippen LogP contribution in [0.1, 0.15) is 22.3 Å². The number of hydrogen-bond acceptors (Lipinski definition) is 4. The molecule has 7 heteroatoms. The zero-order valence-corrected chi connectivity index (χ0v) is 19.5. The average Bonchev–Trinajstić information content (AvgIpc) is 2.77. The molecule has 0 spiro atoms. The SMILES string of the molecule is CN(C)c1ccc(-c2cncc(C(=O)N(CCCN)Cc3ccccc3)c2)cc1.Cl.Cl. The number of nitrogens with zero attached hydrogens (tertiary/aromatic N) is 3. The van der Waals surface area contributed by atoms with Gasteiger partial charge in [0.1, 0.15) is 0 Å². The van der Waals surface area contributed by atoms with Gasteiger partial charge in [-0.15, -0.1) is 24.8 Å². The number of amides is 1. The van der Waals surface area contributed by atoms with Gasteiger partial charge in [0, 0.05) is 50.8 Å². The highest BCUT2D eigenvalue weighted by Crippen LogP contribution is 2.23. The van der Waals surface area contributed by atoms with E-state index in [2.05, 4.69) is 34.1 Å². The summed E-state index contributed by atoms with van der Waals surface area (Å²) in [5, 5.41) is 0. The number of pyridine rings is 1. The number of aromatic nitrogens is 1. The van der Waals surface area contributed by atoms with Crippen LogP contribution in [0.25, 0.3) is 11.1 Å². The molecule has 0 fully saturated rings. The van der Waals surface area contributed by atoms with Crippen molar-refractivity contribution in [3.05, 3.63) is 84.2 Å². The lowest BCUT2D eigenvalue weighted by atomic mass is 10.0. The van der Waals surface area contributed by atoms with Crippen molar-refractivity contribution in [2.24, 2.45) is 5.73 Å². The maximum Gasteiger partial charge on any atom is 0.255 e. The Bertz CT molecular complexity index is 934. The Morgan fingerprint density at radius 2 is 1.61 bits per heavy atom. The van der Waals surface area contributed by atoms with Gasteiger partial charge in [-0.25, -0.2) is 0 Å². The van der Waals surface area contributed by atoms with E-state index in [1.807, 2.05) is 55.4 Å². The lowest BCUT2D eigenvalue weighted by molar-refractivity contribution is 0.0742. The lowest BCUT2D eigenvalue weighted by Gasteiger charge is -2.23. The van der Waals surface area contributed by atoms with E-state index in [0.29, 0.717) is 25.2 Å². The molecule has 166 valence electrons. The Morgan fingerprint density at radius 3 is 2.23 bits per heavy atom. The molecule has 2 aromatic carbocycles. The fourth-order valence-electron chi connectivity index (χ4n) is 3.19. The molecule has 1 aromatic heterocycles. The van der Waals surface area contributed by atoms with Gasteiger partial charge in [0.15, 0.2) is 0 Å². The van der Waals surface area contributed by atoms with Crippen LogP contribution in [-0.4, -0.2) is 43.0 Å². The zero-order valence-electron chi connectivity index (χ0n) is 17.9. The van der Waals surface area contributed by atoms with Crippen molar-refractivity contribution in [2.75, 3.05) is 32.1 Å². The van der Waals surface area contributed by atoms with Crippen LogP contribution < -0.4 is 10.6 Å². The number of nitrogens with two attached hydrogens (primary N) is 1. The van der Waals surface area contributed by atoms with Crippen LogP contribution in [-0.2, 0) is 6.54 Å². The Balaban J connectivity index is 0.00000240. The van der Waals surface area contributed by atoms with Gasteiger partial charge in [0.25, 0.3) is 5.91 Å². The van der Waals surface area contributed by atoms with Crippen molar-refractivity contribution in [3.63, 3.8) is 0 Å². The summed E-state index contributed by atoms with van der Waals surface area (Å²) < 4.78 is 0. The molecule has 1 heterocycles. The van der Waals surface area contributed by atoms with Crippen LogP contribution in [0.4, 0.5) is 5.69 Å². The maximum atomic E-state index is 13.2. The van der Waals surface area contributed by atoms with E-state index in [-0.39, 0.29) is 30.7 Å². The summed E-state index contributed by atoms with van der Waals surface area (Å²) in [6.45, 7) is 1.72. The molecule has 2 N–H and O–H groups in total. The van der Waals surface area contributed by atoms with E-state index in [1.165, 1.54) is 0 Å². The molecule has 0 aliphatic rings. The molecule has 0 unspecified atom stereocenters. The highest BCUT2D eigenvalue weighted by Gasteiger charge is 2.17. The first kappa shape index (κ1) is 26.4. The third-order valence-corrected chi connectivity index (χ3v) is 4.84. The maximum absolute atomic E-state index is 13.2. The highest BCUT2D eigenvalue weighted by atomic mass is 35.5. The third kappa shape index (κ3) is 7.24.